The van der Waals surface area contributed by atoms with Crippen LogP contribution in [0.15, 0.2) is 6.20 Å². The van der Waals surface area contributed by atoms with Gasteiger partial charge in [0.1, 0.15) is 0 Å². The minimum atomic E-state index is -0.00464. The van der Waals surface area contributed by atoms with Crippen molar-refractivity contribution in [1.82, 2.24) is 20.4 Å². The predicted molar refractivity (Wildman–Crippen MR) is 63.1 cm³/mol. The van der Waals surface area contributed by atoms with Gasteiger partial charge < -0.3 is 10.6 Å². The van der Waals surface area contributed by atoms with E-state index in [1.165, 1.54) is 0 Å². The molecule has 0 aromatic carbocycles. The highest BCUT2D eigenvalue weighted by molar-refractivity contribution is 5.77. The minimum absolute atomic E-state index is 0.00464. The molecular formula is C11H20N4O. The van der Waals surface area contributed by atoms with Crippen LogP contribution in [0.25, 0.3) is 0 Å². The summed E-state index contributed by atoms with van der Waals surface area (Å²) in [5.41, 5.74) is 2.24. The second kappa shape index (κ2) is 5.65. The maximum atomic E-state index is 11.0. The molecule has 0 fully saturated rings. The van der Waals surface area contributed by atoms with Crippen LogP contribution in [0.1, 0.15) is 31.0 Å². The van der Waals surface area contributed by atoms with Crippen molar-refractivity contribution in [3.05, 3.63) is 17.5 Å². The third-order valence-electron chi connectivity index (χ3n) is 2.36. The predicted octanol–water partition coefficient (Wildman–Crippen LogP) is 0.379. The molecule has 5 heteroatoms. The first kappa shape index (κ1) is 12.7. The SMILES string of the molecule is CNC(=O)CNCc1cn(C)nc1C(C)C. The van der Waals surface area contributed by atoms with E-state index in [4.69, 9.17) is 0 Å². The number of nitrogens with one attached hydrogen (secondary N) is 2. The van der Waals surface area contributed by atoms with Crippen molar-refractivity contribution >= 4 is 5.91 Å². The maximum Gasteiger partial charge on any atom is 0.233 e. The van der Waals surface area contributed by atoms with Gasteiger partial charge in [0, 0.05) is 32.4 Å². The number of aromatic nitrogens is 2. The molecule has 0 saturated carbocycles. The second-order valence-electron chi connectivity index (χ2n) is 4.14. The molecule has 1 aromatic heterocycles. The smallest absolute Gasteiger partial charge is 0.233 e. The molecular weight excluding hydrogens is 204 g/mol. The van der Waals surface area contributed by atoms with Crippen LogP contribution in [0.3, 0.4) is 0 Å². The van der Waals surface area contributed by atoms with E-state index in [2.05, 4.69) is 29.6 Å². The summed E-state index contributed by atoms with van der Waals surface area (Å²) >= 11 is 0. The zero-order chi connectivity index (χ0) is 12.1. The lowest BCUT2D eigenvalue weighted by molar-refractivity contribution is -0.119. The zero-order valence-corrected chi connectivity index (χ0v) is 10.4. The summed E-state index contributed by atoms with van der Waals surface area (Å²) in [6.45, 7) is 5.24. The Hall–Kier alpha value is -1.36. The van der Waals surface area contributed by atoms with Crippen molar-refractivity contribution in [2.45, 2.75) is 26.3 Å². The van der Waals surface area contributed by atoms with Gasteiger partial charge in [0.05, 0.1) is 12.2 Å². The quantitative estimate of drug-likeness (QED) is 0.760. The molecule has 0 radical (unpaired) electrons. The summed E-state index contributed by atoms with van der Waals surface area (Å²) in [4.78, 5) is 11.0. The highest BCUT2D eigenvalue weighted by Gasteiger charge is 2.10. The molecule has 0 bridgehead atoms. The van der Waals surface area contributed by atoms with Crippen molar-refractivity contribution in [1.29, 1.82) is 0 Å². The molecule has 0 aliphatic heterocycles. The van der Waals surface area contributed by atoms with Gasteiger partial charge in [-0.1, -0.05) is 13.8 Å². The standard InChI is InChI=1S/C11H20N4O/c1-8(2)11-9(7-15(4)14-11)5-13-6-10(16)12-3/h7-8,13H,5-6H2,1-4H3,(H,12,16). The summed E-state index contributed by atoms with van der Waals surface area (Å²) in [5, 5.41) is 10.1. The van der Waals surface area contributed by atoms with Crippen LogP contribution in [0.4, 0.5) is 0 Å². The Morgan fingerprint density at radius 2 is 2.25 bits per heavy atom. The lowest BCUT2D eigenvalue weighted by Crippen LogP contribution is -2.31. The molecule has 1 rings (SSSR count). The van der Waals surface area contributed by atoms with E-state index < -0.39 is 0 Å². The van der Waals surface area contributed by atoms with E-state index in [9.17, 15) is 4.79 Å². The summed E-state index contributed by atoms with van der Waals surface area (Å²) in [5.74, 6) is 0.396. The van der Waals surface area contributed by atoms with E-state index in [1.807, 2.05) is 17.9 Å². The van der Waals surface area contributed by atoms with E-state index in [0.717, 1.165) is 11.3 Å². The summed E-state index contributed by atoms with van der Waals surface area (Å²) in [6, 6.07) is 0. The van der Waals surface area contributed by atoms with Gasteiger partial charge in [-0.2, -0.15) is 5.10 Å². The van der Waals surface area contributed by atoms with Gasteiger partial charge in [0.25, 0.3) is 0 Å². The summed E-state index contributed by atoms with van der Waals surface area (Å²) in [6.07, 6.45) is 1.99. The van der Waals surface area contributed by atoms with Crippen molar-refractivity contribution in [3.63, 3.8) is 0 Å². The Morgan fingerprint density at radius 1 is 1.56 bits per heavy atom. The van der Waals surface area contributed by atoms with E-state index in [1.54, 1.807) is 7.05 Å². The molecule has 0 unspecified atom stereocenters. The fraction of sp³-hybridized carbons (Fsp3) is 0.636. The number of nitrogens with zero attached hydrogens (tertiary/aromatic N) is 2. The molecule has 0 spiro atoms. The van der Waals surface area contributed by atoms with Gasteiger partial charge in [-0.15, -0.1) is 0 Å². The molecule has 0 saturated heterocycles. The number of amides is 1. The zero-order valence-electron chi connectivity index (χ0n) is 10.4. The van der Waals surface area contributed by atoms with Gasteiger partial charge in [-0.25, -0.2) is 0 Å². The molecule has 0 atom stereocenters. The summed E-state index contributed by atoms with van der Waals surface area (Å²) in [7, 11) is 3.54. The number of aryl methyl sites for hydroxylation is 1. The Kier molecular flexibility index (Phi) is 4.49. The first-order valence-electron chi connectivity index (χ1n) is 5.48. The minimum Gasteiger partial charge on any atom is -0.358 e. The molecule has 1 aromatic rings. The normalized spacial score (nSPS) is 10.8. The lowest BCUT2D eigenvalue weighted by Gasteiger charge is -2.06. The first-order chi connectivity index (χ1) is 7.54. The molecule has 1 heterocycles. The Balaban J connectivity index is 2.56. The maximum absolute atomic E-state index is 11.0. The molecule has 16 heavy (non-hydrogen) atoms. The number of rotatable bonds is 5. The van der Waals surface area contributed by atoms with Crippen molar-refractivity contribution < 1.29 is 4.79 Å². The van der Waals surface area contributed by atoms with Crippen LogP contribution in [-0.2, 0) is 18.4 Å². The lowest BCUT2D eigenvalue weighted by atomic mass is 10.1. The van der Waals surface area contributed by atoms with Crippen LogP contribution >= 0.6 is 0 Å². The second-order valence-corrected chi connectivity index (χ2v) is 4.14. The van der Waals surface area contributed by atoms with Crippen LogP contribution in [0, 0.1) is 0 Å². The molecule has 5 nitrogen and oxygen atoms in total. The summed E-state index contributed by atoms with van der Waals surface area (Å²) < 4.78 is 1.81. The van der Waals surface area contributed by atoms with E-state index in [-0.39, 0.29) is 5.91 Å². The third-order valence-corrected chi connectivity index (χ3v) is 2.36. The van der Waals surface area contributed by atoms with Crippen LogP contribution in [0.2, 0.25) is 0 Å². The molecule has 2 N–H and O–H groups in total. The topological polar surface area (TPSA) is 59.0 Å². The molecule has 0 aliphatic carbocycles. The third kappa shape index (κ3) is 3.34. The first-order valence-corrected chi connectivity index (χ1v) is 5.48. The van der Waals surface area contributed by atoms with Gasteiger partial charge in [-0.3, -0.25) is 9.48 Å². The van der Waals surface area contributed by atoms with E-state index in [0.29, 0.717) is 19.0 Å². The number of hydrogen-bond acceptors (Lipinski definition) is 3. The Morgan fingerprint density at radius 3 is 2.81 bits per heavy atom. The average Bonchev–Trinajstić information content (AvgIpc) is 2.59. The Bertz CT molecular complexity index is 357. The van der Waals surface area contributed by atoms with Gasteiger partial charge in [-0.05, 0) is 5.92 Å². The highest BCUT2D eigenvalue weighted by Crippen LogP contribution is 2.16. The molecule has 90 valence electrons. The number of carbonyl (C=O) groups excluding carboxylic acids is 1. The highest BCUT2D eigenvalue weighted by atomic mass is 16.1. The van der Waals surface area contributed by atoms with E-state index >= 15 is 0 Å². The molecule has 1 amide bonds. The Labute approximate surface area is 96.2 Å². The molecule has 0 aliphatic rings. The van der Waals surface area contributed by atoms with Crippen molar-refractivity contribution in [2.24, 2.45) is 7.05 Å². The monoisotopic (exact) mass is 224 g/mol. The number of likely N-dealkylation sites (N-methyl/N-ethyl adjacent to an activating group) is 1. The van der Waals surface area contributed by atoms with Gasteiger partial charge in [0.15, 0.2) is 0 Å². The van der Waals surface area contributed by atoms with Crippen molar-refractivity contribution in [3.8, 4) is 0 Å². The fourth-order valence-corrected chi connectivity index (χ4v) is 1.58. The van der Waals surface area contributed by atoms with Crippen LogP contribution in [-0.4, -0.2) is 29.3 Å². The fourth-order valence-electron chi connectivity index (χ4n) is 1.58. The van der Waals surface area contributed by atoms with Gasteiger partial charge >= 0.3 is 0 Å². The average molecular weight is 224 g/mol. The number of carbonyl (C=O) groups is 1. The van der Waals surface area contributed by atoms with Crippen LogP contribution < -0.4 is 10.6 Å². The largest absolute Gasteiger partial charge is 0.358 e. The van der Waals surface area contributed by atoms with Gasteiger partial charge in [0.2, 0.25) is 5.91 Å². The van der Waals surface area contributed by atoms with Crippen molar-refractivity contribution in [2.75, 3.05) is 13.6 Å². The number of hydrogen-bond donors (Lipinski definition) is 2. The van der Waals surface area contributed by atoms with Crippen LogP contribution in [0.5, 0.6) is 0 Å².